The Morgan fingerprint density at radius 1 is 1.03 bits per heavy atom. The second-order valence-electron chi connectivity index (χ2n) is 7.16. The number of carbonyl (C=O) groups excluding carboxylic acids is 1. The van der Waals surface area contributed by atoms with Gasteiger partial charge in [0.05, 0.1) is 24.4 Å². The molecule has 1 heterocycles. The molecule has 1 N–H and O–H groups in total. The summed E-state index contributed by atoms with van der Waals surface area (Å²) in [5, 5.41) is 5.28. The number of hydrazone groups is 1. The first kappa shape index (κ1) is 23.4. The molecule has 0 aliphatic carbocycles. The number of halogens is 2. The standard InChI is InChI=1S/C25H19I2N3O3/c1-2-11-33-25-19(26)12-16(13-20(25)27)14-28-29-23(31)15-30-21-9-5-3-7-17(21)24(32)18-8-4-6-10-22(18)30/h2-10,12-14H,1,11,15H2,(H,29,31)/b28-14-. The van der Waals surface area contributed by atoms with E-state index >= 15 is 0 Å². The Balaban J connectivity index is 1.56. The molecule has 0 atom stereocenters. The van der Waals surface area contributed by atoms with Gasteiger partial charge in [-0.05, 0) is 87.1 Å². The summed E-state index contributed by atoms with van der Waals surface area (Å²) in [4.78, 5) is 25.6. The number of pyridine rings is 1. The van der Waals surface area contributed by atoms with Crippen LogP contribution in [0.25, 0.3) is 21.8 Å². The second-order valence-corrected chi connectivity index (χ2v) is 9.48. The van der Waals surface area contributed by atoms with Crippen LogP contribution in [-0.2, 0) is 11.3 Å². The molecule has 33 heavy (non-hydrogen) atoms. The number of rotatable bonds is 7. The van der Waals surface area contributed by atoms with Crippen molar-refractivity contribution in [3.8, 4) is 5.75 Å². The molecule has 0 aliphatic heterocycles. The Morgan fingerprint density at radius 3 is 2.18 bits per heavy atom. The average molecular weight is 663 g/mol. The molecule has 0 saturated carbocycles. The Hall–Kier alpha value is -2.73. The molecule has 8 heteroatoms. The quantitative estimate of drug-likeness (QED) is 0.0987. The number of para-hydroxylation sites is 2. The molecule has 1 amide bonds. The number of hydrogen-bond acceptors (Lipinski definition) is 4. The Kier molecular flexibility index (Phi) is 7.43. The summed E-state index contributed by atoms with van der Waals surface area (Å²) in [6.45, 7) is 4.13. The molecule has 4 aromatic rings. The lowest BCUT2D eigenvalue weighted by Gasteiger charge is -2.14. The lowest BCUT2D eigenvalue weighted by Crippen LogP contribution is -2.25. The Morgan fingerprint density at radius 2 is 1.61 bits per heavy atom. The van der Waals surface area contributed by atoms with Gasteiger partial charge in [0.25, 0.3) is 5.91 Å². The van der Waals surface area contributed by atoms with Gasteiger partial charge in [-0.15, -0.1) is 0 Å². The lowest BCUT2D eigenvalue weighted by atomic mass is 10.1. The van der Waals surface area contributed by atoms with E-state index in [1.165, 1.54) is 0 Å². The van der Waals surface area contributed by atoms with Gasteiger partial charge in [-0.3, -0.25) is 9.59 Å². The molecular formula is C25H19I2N3O3. The first-order valence-corrected chi connectivity index (χ1v) is 12.2. The maximum Gasteiger partial charge on any atom is 0.260 e. The number of hydrogen-bond donors (Lipinski definition) is 1. The number of nitrogens with one attached hydrogen (secondary N) is 1. The summed E-state index contributed by atoms with van der Waals surface area (Å²) in [6, 6.07) is 18.5. The van der Waals surface area contributed by atoms with Crippen LogP contribution < -0.4 is 15.6 Å². The monoisotopic (exact) mass is 663 g/mol. The minimum absolute atomic E-state index is 0.0298. The van der Waals surface area contributed by atoms with Crippen molar-refractivity contribution in [3.05, 3.63) is 96.2 Å². The highest BCUT2D eigenvalue weighted by Gasteiger charge is 2.13. The average Bonchev–Trinajstić information content (AvgIpc) is 2.81. The first-order chi connectivity index (χ1) is 16.0. The summed E-state index contributed by atoms with van der Waals surface area (Å²) in [5.74, 6) is 0.509. The second kappa shape index (κ2) is 10.5. The largest absolute Gasteiger partial charge is 0.487 e. The van der Waals surface area contributed by atoms with Crippen LogP contribution in [0.5, 0.6) is 5.75 Å². The smallest absolute Gasteiger partial charge is 0.260 e. The first-order valence-electron chi connectivity index (χ1n) is 10.0. The highest BCUT2D eigenvalue weighted by Crippen LogP contribution is 2.28. The molecule has 0 bridgehead atoms. The van der Waals surface area contributed by atoms with Gasteiger partial charge in [0.1, 0.15) is 18.9 Å². The third-order valence-electron chi connectivity index (χ3n) is 4.95. The van der Waals surface area contributed by atoms with Crippen molar-refractivity contribution in [1.82, 2.24) is 9.99 Å². The van der Waals surface area contributed by atoms with Gasteiger partial charge in [0.15, 0.2) is 5.43 Å². The summed E-state index contributed by atoms with van der Waals surface area (Å²) in [5.41, 5.74) is 4.81. The van der Waals surface area contributed by atoms with Gasteiger partial charge < -0.3 is 9.30 Å². The van der Waals surface area contributed by atoms with Crippen molar-refractivity contribution in [2.75, 3.05) is 6.61 Å². The van der Waals surface area contributed by atoms with E-state index in [1.54, 1.807) is 24.4 Å². The van der Waals surface area contributed by atoms with Crippen LogP contribution in [0.3, 0.4) is 0 Å². The van der Waals surface area contributed by atoms with E-state index in [0.29, 0.717) is 28.4 Å². The minimum Gasteiger partial charge on any atom is -0.487 e. The van der Waals surface area contributed by atoms with Gasteiger partial charge in [-0.1, -0.05) is 36.9 Å². The zero-order valence-electron chi connectivity index (χ0n) is 17.4. The normalized spacial score (nSPS) is 11.2. The number of aromatic nitrogens is 1. The van der Waals surface area contributed by atoms with Gasteiger partial charge >= 0.3 is 0 Å². The van der Waals surface area contributed by atoms with Crippen molar-refractivity contribution in [2.24, 2.45) is 5.10 Å². The van der Waals surface area contributed by atoms with E-state index < -0.39 is 0 Å². The van der Waals surface area contributed by atoms with Crippen LogP contribution >= 0.6 is 45.2 Å². The zero-order valence-corrected chi connectivity index (χ0v) is 21.7. The molecule has 166 valence electrons. The van der Waals surface area contributed by atoms with Crippen LogP contribution in [0.2, 0.25) is 0 Å². The summed E-state index contributed by atoms with van der Waals surface area (Å²) in [6.07, 6.45) is 3.30. The molecule has 0 aliphatic rings. The van der Waals surface area contributed by atoms with Crippen molar-refractivity contribution in [3.63, 3.8) is 0 Å². The maximum absolute atomic E-state index is 12.8. The van der Waals surface area contributed by atoms with Crippen LogP contribution in [0.1, 0.15) is 5.56 Å². The molecule has 3 aromatic carbocycles. The van der Waals surface area contributed by atoms with E-state index in [4.69, 9.17) is 4.74 Å². The van der Waals surface area contributed by atoms with Gasteiger partial charge in [-0.2, -0.15) is 5.10 Å². The molecule has 4 rings (SSSR count). The highest BCUT2D eigenvalue weighted by atomic mass is 127. The van der Waals surface area contributed by atoms with Crippen molar-refractivity contribution < 1.29 is 9.53 Å². The topological polar surface area (TPSA) is 72.7 Å². The minimum atomic E-state index is -0.291. The molecule has 0 spiro atoms. The number of nitrogens with zero attached hydrogens (tertiary/aromatic N) is 2. The van der Waals surface area contributed by atoms with Crippen LogP contribution in [0.15, 0.2) is 83.2 Å². The summed E-state index contributed by atoms with van der Waals surface area (Å²) < 4.78 is 9.42. The molecule has 0 unspecified atom stereocenters. The fourth-order valence-electron chi connectivity index (χ4n) is 3.54. The molecule has 0 fully saturated rings. The van der Waals surface area contributed by atoms with Crippen LogP contribution in [0, 0.1) is 7.14 Å². The highest BCUT2D eigenvalue weighted by molar-refractivity contribution is 14.1. The molecule has 0 radical (unpaired) electrons. The summed E-state index contributed by atoms with van der Waals surface area (Å²) in [7, 11) is 0. The number of amides is 1. The molecular weight excluding hydrogens is 644 g/mol. The zero-order chi connectivity index (χ0) is 23.4. The van der Waals surface area contributed by atoms with E-state index in [2.05, 4.69) is 62.3 Å². The Bertz CT molecular complexity index is 1380. The van der Waals surface area contributed by atoms with E-state index in [-0.39, 0.29) is 17.9 Å². The van der Waals surface area contributed by atoms with Crippen LogP contribution in [-0.4, -0.2) is 23.3 Å². The number of ether oxygens (including phenoxy) is 1. The fourth-order valence-corrected chi connectivity index (χ4v) is 5.67. The maximum atomic E-state index is 12.8. The van der Waals surface area contributed by atoms with Gasteiger partial charge in [0.2, 0.25) is 0 Å². The molecule has 6 nitrogen and oxygen atoms in total. The SMILES string of the molecule is C=CCOc1c(I)cc(/C=N\NC(=O)Cn2c3ccccc3c(=O)c3ccccc32)cc1I. The number of benzene rings is 3. The van der Waals surface area contributed by atoms with Crippen LogP contribution in [0.4, 0.5) is 0 Å². The van der Waals surface area contributed by atoms with Gasteiger partial charge in [-0.25, -0.2) is 5.43 Å². The summed E-state index contributed by atoms with van der Waals surface area (Å²) >= 11 is 4.42. The number of carbonyl (C=O) groups is 1. The van der Waals surface area contributed by atoms with E-state index in [0.717, 1.165) is 18.5 Å². The van der Waals surface area contributed by atoms with Crippen molar-refractivity contribution in [1.29, 1.82) is 0 Å². The Labute approximate surface area is 217 Å². The predicted molar refractivity (Wildman–Crippen MR) is 149 cm³/mol. The molecule has 0 saturated heterocycles. The lowest BCUT2D eigenvalue weighted by molar-refractivity contribution is -0.121. The van der Waals surface area contributed by atoms with E-state index in [1.807, 2.05) is 53.1 Å². The van der Waals surface area contributed by atoms with Crippen molar-refractivity contribution in [2.45, 2.75) is 6.54 Å². The number of fused-ring (bicyclic) bond motifs is 2. The van der Waals surface area contributed by atoms with E-state index in [9.17, 15) is 9.59 Å². The third kappa shape index (κ3) is 5.11. The van der Waals surface area contributed by atoms with Crippen molar-refractivity contribution >= 4 is 79.1 Å². The predicted octanol–water partition coefficient (Wildman–Crippen LogP) is 5.08. The third-order valence-corrected chi connectivity index (χ3v) is 6.55. The molecule has 1 aromatic heterocycles. The van der Waals surface area contributed by atoms with Gasteiger partial charge in [0, 0.05) is 10.8 Å². The fraction of sp³-hybridized carbons (Fsp3) is 0.0800.